The van der Waals surface area contributed by atoms with Gasteiger partial charge in [-0.05, 0) is 52.2 Å². The molecule has 0 amide bonds. The van der Waals surface area contributed by atoms with E-state index < -0.39 is 5.60 Å². The Morgan fingerprint density at radius 2 is 2.00 bits per heavy atom. The van der Waals surface area contributed by atoms with Gasteiger partial charge in [0.15, 0.2) is 5.88 Å². The van der Waals surface area contributed by atoms with Gasteiger partial charge in [0.05, 0.1) is 5.39 Å². The molecule has 8 nitrogen and oxygen atoms in total. The van der Waals surface area contributed by atoms with Crippen LogP contribution in [-0.4, -0.2) is 31.6 Å². The van der Waals surface area contributed by atoms with E-state index in [0.29, 0.717) is 27.9 Å². The maximum atomic E-state index is 12.1. The molecule has 27 heavy (non-hydrogen) atoms. The molecule has 9 heteroatoms. The number of aromatic hydroxyl groups is 1. The normalized spacial score (nSPS) is 11.8. The summed E-state index contributed by atoms with van der Waals surface area (Å²) in [6.07, 6.45) is 2.11. The van der Waals surface area contributed by atoms with Crippen LogP contribution in [0.3, 0.4) is 0 Å². The minimum Gasteiger partial charge on any atom is -0.494 e. The Labute approximate surface area is 160 Å². The number of fused-ring (bicyclic) bond motifs is 1. The number of carbonyl (C=O) groups excluding carboxylic acids is 1. The van der Waals surface area contributed by atoms with Crippen molar-refractivity contribution in [2.45, 2.75) is 45.6 Å². The largest absolute Gasteiger partial charge is 0.494 e. The van der Waals surface area contributed by atoms with Crippen molar-refractivity contribution >= 4 is 40.1 Å². The highest BCUT2D eigenvalue weighted by molar-refractivity contribution is 7.13. The number of hydrogen-bond acceptors (Lipinski definition) is 8. The van der Waals surface area contributed by atoms with Crippen molar-refractivity contribution in [1.29, 1.82) is 0 Å². The molecule has 0 saturated heterocycles. The number of aromatic amines is 1. The molecular weight excluding hydrogens is 366 g/mol. The molecule has 3 rings (SSSR count). The molecule has 0 fully saturated rings. The fraction of sp³-hybridized carbons (Fsp3) is 0.389. The summed E-state index contributed by atoms with van der Waals surface area (Å²) < 4.78 is 5.38. The van der Waals surface area contributed by atoms with E-state index in [-0.39, 0.29) is 23.6 Å². The topological polar surface area (TPSA) is 140 Å². The fourth-order valence-electron chi connectivity index (χ4n) is 2.82. The number of ether oxygens (including phenoxy) is 1. The van der Waals surface area contributed by atoms with Crippen LogP contribution in [0.2, 0.25) is 0 Å². The van der Waals surface area contributed by atoms with Crippen molar-refractivity contribution in [3.63, 3.8) is 0 Å². The number of nitrogen functional groups attached to an aromatic ring is 2. The molecule has 3 heterocycles. The first-order valence-electron chi connectivity index (χ1n) is 8.58. The highest BCUT2D eigenvalue weighted by Crippen LogP contribution is 2.31. The molecule has 0 bridgehead atoms. The van der Waals surface area contributed by atoms with Gasteiger partial charge in [0, 0.05) is 10.4 Å². The van der Waals surface area contributed by atoms with Crippen molar-refractivity contribution in [1.82, 2.24) is 15.0 Å². The van der Waals surface area contributed by atoms with E-state index >= 15 is 0 Å². The average Bonchev–Trinajstić information content (AvgIpc) is 3.11. The maximum absolute atomic E-state index is 12.1. The minimum absolute atomic E-state index is 0.0252. The number of carbonyl (C=O) groups is 1. The number of hydrogen-bond donors (Lipinski definition) is 4. The lowest BCUT2D eigenvalue weighted by atomic mass is 10.1. The van der Waals surface area contributed by atoms with E-state index in [1.807, 2.05) is 26.8 Å². The third-order valence-electron chi connectivity index (χ3n) is 3.89. The second kappa shape index (κ2) is 7.07. The summed E-state index contributed by atoms with van der Waals surface area (Å²) in [6, 6.07) is 3.71. The van der Waals surface area contributed by atoms with E-state index in [1.165, 1.54) is 11.3 Å². The second-order valence-electron chi connectivity index (χ2n) is 7.26. The number of thiophene rings is 1. The van der Waals surface area contributed by atoms with Gasteiger partial charge in [0.1, 0.15) is 21.9 Å². The van der Waals surface area contributed by atoms with Gasteiger partial charge >= 0.3 is 5.97 Å². The monoisotopic (exact) mass is 389 g/mol. The van der Waals surface area contributed by atoms with Crippen LogP contribution in [-0.2, 0) is 17.6 Å². The Hall–Kier alpha value is -2.81. The van der Waals surface area contributed by atoms with Crippen LogP contribution in [0.4, 0.5) is 11.8 Å². The Morgan fingerprint density at radius 1 is 1.26 bits per heavy atom. The summed E-state index contributed by atoms with van der Waals surface area (Å²) >= 11 is 1.42. The summed E-state index contributed by atoms with van der Waals surface area (Å²) in [7, 11) is 0. The van der Waals surface area contributed by atoms with Gasteiger partial charge in [-0.2, -0.15) is 9.97 Å². The van der Waals surface area contributed by atoms with E-state index in [0.717, 1.165) is 17.7 Å². The first-order valence-corrected chi connectivity index (χ1v) is 9.40. The highest BCUT2D eigenvalue weighted by Gasteiger charge is 2.20. The smallest absolute Gasteiger partial charge is 0.348 e. The van der Waals surface area contributed by atoms with Crippen molar-refractivity contribution in [3.05, 3.63) is 27.5 Å². The van der Waals surface area contributed by atoms with Crippen LogP contribution >= 0.6 is 11.3 Å². The van der Waals surface area contributed by atoms with Crippen LogP contribution in [0.25, 0.3) is 11.0 Å². The molecule has 0 aliphatic rings. The standard InChI is InChI=1S/C18H23N5O3S/c1-18(2,3)26-16(25)11-8-7-9(27-11)5-4-6-10-12-13(19)21-17(20)23-14(12)22-15(10)24/h7-8,24H,4-6H2,1-3H3,(H5,19,20,21,22,23). The van der Waals surface area contributed by atoms with Crippen molar-refractivity contribution in [2.24, 2.45) is 0 Å². The van der Waals surface area contributed by atoms with E-state index in [9.17, 15) is 9.90 Å². The molecule has 144 valence electrons. The van der Waals surface area contributed by atoms with Crippen LogP contribution in [0.15, 0.2) is 12.1 Å². The molecule has 3 aromatic heterocycles. The molecule has 0 aromatic carbocycles. The number of nitrogens with one attached hydrogen (secondary N) is 1. The molecule has 0 spiro atoms. The third-order valence-corrected chi connectivity index (χ3v) is 5.02. The molecule has 0 saturated carbocycles. The Kier molecular flexibility index (Phi) is 4.97. The number of nitrogens with zero attached hydrogens (tertiary/aromatic N) is 2. The van der Waals surface area contributed by atoms with Gasteiger partial charge in [-0.25, -0.2) is 4.79 Å². The van der Waals surface area contributed by atoms with Crippen molar-refractivity contribution in [2.75, 3.05) is 11.5 Å². The molecule has 0 atom stereocenters. The number of rotatable bonds is 5. The summed E-state index contributed by atoms with van der Waals surface area (Å²) in [4.78, 5) is 24.6. The number of nitrogens with two attached hydrogens (primary N) is 2. The first-order chi connectivity index (χ1) is 12.6. The van der Waals surface area contributed by atoms with E-state index in [2.05, 4.69) is 15.0 Å². The number of esters is 1. The van der Waals surface area contributed by atoms with E-state index in [4.69, 9.17) is 16.2 Å². The van der Waals surface area contributed by atoms with Crippen LogP contribution in [0.5, 0.6) is 5.88 Å². The van der Waals surface area contributed by atoms with Gasteiger partial charge < -0.3 is 26.3 Å². The zero-order valence-corrected chi connectivity index (χ0v) is 16.3. The summed E-state index contributed by atoms with van der Waals surface area (Å²) in [5.74, 6) is 0.0150. The zero-order chi connectivity index (χ0) is 19.8. The average molecular weight is 389 g/mol. The Morgan fingerprint density at radius 3 is 2.70 bits per heavy atom. The molecule has 6 N–H and O–H groups in total. The predicted molar refractivity (Wildman–Crippen MR) is 106 cm³/mol. The summed E-state index contributed by atoms with van der Waals surface area (Å²) in [5, 5.41) is 10.8. The van der Waals surface area contributed by atoms with Gasteiger partial charge in [0.25, 0.3) is 0 Å². The van der Waals surface area contributed by atoms with Crippen LogP contribution in [0.1, 0.15) is 47.3 Å². The summed E-state index contributed by atoms with van der Waals surface area (Å²) in [5.41, 5.74) is 12.1. The third kappa shape index (κ3) is 4.30. The van der Waals surface area contributed by atoms with Gasteiger partial charge in [-0.3, -0.25) is 0 Å². The van der Waals surface area contributed by atoms with Gasteiger partial charge in [-0.15, -0.1) is 11.3 Å². The molecule has 0 aliphatic carbocycles. The van der Waals surface area contributed by atoms with Crippen LogP contribution < -0.4 is 11.5 Å². The lowest BCUT2D eigenvalue weighted by Crippen LogP contribution is -2.23. The number of anilines is 2. The zero-order valence-electron chi connectivity index (χ0n) is 15.5. The lowest BCUT2D eigenvalue weighted by molar-refractivity contribution is 0.00752. The molecule has 3 aromatic rings. The quantitative estimate of drug-likeness (QED) is 0.492. The lowest BCUT2D eigenvalue weighted by Gasteiger charge is -2.18. The van der Waals surface area contributed by atoms with Crippen molar-refractivity contribution in [3.8, 4) is 5.88 Å². The second-order valence-corrected chi connectivity index (χ2v) is 8.43. The molecule has 0 unspecified atom stereocenters. The predicted octanol–water partition coefficient (Wildman–Crippen LogP) is 3.02. The van der Waals surface area contributed by atoms with Gasteiger partial charge in [0.2, 0.25) is 5.95 Å². The van der Waals surface area contributed by atoms with Gasteiger partial charge in [-0.1, -0.05) is 0 Å². The molecular formula is C18H23N5O3S. The molecule has 0 aliphatic heterocycles. The molecule has 0 radical (unpaired) electrons. The number of H-pyrrole nitrogens is 1. The van der Waals surface area contributed by atoms with E-state index in [1.54, 1.807) is 6.07 Å². The van der Waals surface area contributed by atoms with Crippen LogP contribution in [0, 0.1) is 0 Å². The number of aromatic nitrogens is 3. The minimum atomic E-state index is -0.514. The Bertz CT molecular complexity index is 987. The van der Waals surface area contributed by atoms with Crippen molar-refractivity contribution < 1.29 is 14.6 Å². The first kappa shape index (κ1) is 19.0. The fourth-order valence-corrected chi connectivity index (χ4v) is 3.75. The SMILES string of the molecule is CC(C)(C)OC(=O)c1ccc(CCCc2c(O)[nH]c3nc(N)nc(N)c23)s1. The summed E-state index contributed by atoms with van der Waals surface area (Å²) in [6.45, 7) is 5.53. The Balaban J connectivity index is 1.67. The highest BCUT2D eigenvalue weighted by atomic mass is 32.1. The maximum Gasteiger partial charge on any atom is 0.348 e. The number of aryl methyl sites for hydroxylation is 2.